The second kappa shape index (κ2) is 7.28. The Hall–Kier alpha value is -2.33. The molecular weight excluding hydrogens is 346 g/mol. The lowest BCUT2D eigenvalue weighted by atomic mass is 10.2. The van der Waals surface area contributed by atoms with Crippen molar-refractivity contribution in [2.45, 2.75) is 25.6 Å². The Balaban J connectivity index is 1.76. The lowest BCUT2D eigenvalue weighted by Crippen LogP contribution is -2.40. The van der Waals surface area contributed by atoms with E-state index in [1.165, 1.54) is 0 Å². The van der Waals surface area contributed by atoms with Gasteiger partial charge >= 0.3 is 5.97 Å². The van der Waals surface area contributed by atoms with Crippen LogP contribution in [0.25, 0.3) is 0 Å². The number of carbonyl (C=O) groups is 1. The maximum atomic E-state index is 11.7. The Morgan fingerprint density at radius 2 is 2.08 bits per heavy atom. The van der Waals surface area contributed by atoms with E-state index in [1.54, 1.807) is 9.58 Å². The van der Waals surface area contributed by atoms with Gasteiger partial charge in [0.2, 0.25) is 0 Å². The molecule has 0 amide bonds. The Morgan fingerprint density at radius 1 is 1.32 bits per heavy atom. The van der Waals surface area contributed by atoms with Gasteiger partial charge in [-0.2, -0.15) is 0 Å². The third-order valence-corrected chi connectivity index (χ3v) is 5.94. The molecule has 1 aromatic carbocycles. The fourth-order valence-corrected chi connectivity index (χ4v) is 4.71. The lowest BCUT2D eigenvalue weighted by Gasteiger charge is -2.25. The van der Waals surface area contributed by atoms with Crippen LogP contribution >= 0.6 is 0 Å². The zero-order chi connectivity index (χ0) is 17.9. The topological polar surface area (TPSA) is 118 Å². The summed E-state index contributed by atoms with van der Waals surface area (Å²) in [5.41, 5.74) is 1.02. The molecule has 1 aromatic heterocycles. The normalized spacial score (nSPS) is 19.3. The minimum absolute atomic E-state index is 0.0273. The number of aliphatic carboxylic acids is 1. The minimum atomic E-state index is -3.11. The van der Waals surface area contributed by atoms with Gasteiger partial charge < -0.3 is 5.11 Å². The quantitative estimate of drug-likeness (QED) is 0.716. The number of nitrogens with zero attached hydrogens (tertiary/aromatic N) is 5. The molecule has 1 atom stereocenters. The van der Waals surface area contributed by atoms with Crippen LogP contribution in [0.15, 0.2) is 30.3 Å². The van der Waals surface area contributed by atoms with Crippen LogP contribution in [0.4, 0.5) is 0 Å². The third kappa shape index (κ3) is 4.60. The number of hydrogen-bond donors (Lipinski definition) is 1. The van der Waals surface area contributed by atoms with Crippen molar-refractivity contribution >= 4 is 15.8 Å². The van der Waals surface area contributed by atoms with Gasteiger partial charge in [-0.3, -0.25) is 9.69 Å². The Labute approximate surface area is 145 Å². The maximum absolute atomic E-state index is 11.7. The average Bonchev–Trinajstić information content (AvgIpc) is 3.13. The van der Waals surface area contributed by atoms with Crippen molar-refractivity contribution in [3.63, 3.8) is 0 Å². The Kier molecular flexibility index (Phi) is 5.09. The van der Waals surface area contributed by atoms with Gasteiger partial charge in [0.25, 0.3) is 0 Å². The molecule has 1 aliphatic heterocycles. The molecule has 1 saturated heterocycles. The molecule has 2 heterocycles. The highest BCUT2D eigenvalue weighted by molar-refractivity contribution is 7.91. The molecule has 10 heteroatoms. The Morgan fingerprint density at radius 3 is 2.72 bits per heavy atom. The summed E-state index contributed by atoms with van der Waals surface area (Å²) < 4.78 is 25.0. The zero-order valence-electron chi connectivity index (χ0n) is 13.5. The van der Waals surface area contributed by atoms with Crippen LogP contribution in [0, 0.1) is 0 Å². The van der Waals surface area contributed by atoms with Crippen LogP contribution < -0.4 is 0 Å². The van der Waals surface area contributed by atoms with Gasteiger partial charge in [0.05, 0.1) is 31.1 Å². The van der Waals surface area contributed by atoms with Crippen LogP contribution in [0.1, 0.15) is 17.8 Å². The molecule has 2 aromatic rings. The predicted molar refractivity (Wildman–Crippen MR) is 88.5 cm³/mol. The fraction of sp³-hybridized carbons (Fsp3) is 0.467. The molecule has 3 rings (SSSR count). The van der Waals surface area contributed by atoms with E-state index in [1.807, 2.05) is 30.3 Å². The number of carboxylic acid groups (broad SMARTS) is 1. The smallest absolute Gasteiger partial charge is 0.317 e. The molecule has 1 fully saturated rings. The molecule has 134 valence electrons. The van der Waals surface area contributed by atoms with Crippen LogP contribution in [0.3, 0.4) is 0 Å². The molecular formula is C15H19N5O4S. The first-order chi connectivity index (χ1) is 11.9. The van der Waals surface area contributed by atoms with Crippen molar-refractivity contribution < 1.29 is 18.3 Å². The van der Waals surface area contributed by atoms with E-state index < -0.39 is 15.8 Å². The number of sulfone groups is 1. The first-order valence-corrected chi connectivity index (χ1v) is 9.70. The summed E-state index contributed by atoms with van der Waals surface area (Å²) in [6, 6.07) is 9.31. The zero-order valence-corrected chi connectivity index (χ0v) is 14.3. The summed E-state index contributed by atoms with van der Waals surface area (Å²) in [4.78, 5) is 12.8. The molecule has 0 radical (unpaired) electrons. The van der Waals surface area contributed by atoms with Crippen LogP contribution in [0.2, 0.25) is 0 Å². The largest absolute Gasteiger partial charge is 0.480 e. The standard InChI is InChI=1S/C15H19N5O4S/c21-15(22)10-19(13-6-7-25(23,24)11-13)9-14-16-17-18-20(14)8-12-4-2-1-3-5-12/h1-5,13H,6-11H2,(H,21,22). The van der Waals surface area contributed by atoms with Crippen molar-refractivity contribution in [1.82, 2.24) is 25.1 Å². The molecule has 1 unspecified atom stereocenters. The summed E-state index contributed by atoms with van der Waals surface area (Å²) in [5, 5.41) is 20.8. The first-order valence-electron chi connectivity index (χ1n) is 7.88. The van der Waals surface area contributed by atoms with Gasteiger partial charge in [-0.1, -0.05) is 30.3 Å². The van der Waals surface area contributed by atoms with Gasteiger partial charge in [0.15, 0.2) is 15.7 Å². The number of carboxylic acids is 1. The van der Waals surface area contributed by atoms with E-state index in [0.717, 1.165) is 5.56 Å². The third-order valence-electron chi connectivity index (χ3n) is 4.19. The van der Waals surface area contributed by atoms with E-state index in [2.05, 4.69) is 15.5 Å². The second-order valence-electron chi connectivity index (χ2n) is 6.09. The van der Waals surface area contributed by atoms with Crippen molar-refractivity contribution in [1.29, 1.82) is 0 Å². The summed E-state index contributed by atoms with van der Waals surface area (Å²) in [6.07, 6.45) is 0.426. The van der Waals surface area contributed by atoms with Crippen molar-refractivity contribution in [3.8, 4) is 0 Å². The molecule has 25 heavy (non-hydrogen) atoms. The lowest BCUT2D eigenvalue weighted by molar-refractivity contribution is -0.139. The van der Waals surface area contributed by atoms with E-state index in [4.69, 9.17) is 5.11 Å². The number of rotatable bonds is 7. The van der Waals surface area contributed by atoms with Crippen LogP contribution in [-0.2, 0) is 27.7 Å². The van der Waals surface area contributed by atoms with E-state index in [9.17, 15) is 13.2 Å². The summed E-state index contributed by atoms with van der Waals surface area (Å²) in [5.74, 6) is -0.440. The maximum Gasteiger partial charge on any atom is 0.317 e. The van der Waals surface area contributed by atoms with Gasteiger partial charge in [-0.25, -0.2) is 13.1 Å². The Bertz CT molecular complexity index is 837. The SMILES string of the molecule is O=C(O)CN(Cc1nnnn1Cc1ccccc1)C1CCS(=O)(=O)C1. The predicted octanol–water partition coefficient (Wildman–Crippen LogP) is -0.205. The van der Waals surface area contributed by atoms with Crippen molar-refractivity contribution in [2.75, 3.05) is 18.1 Å². The van der Waals surface area contributed by atoms with Crippen LogP contribution in [0.5, 0.6) is 0 Å². The molecule has 0 spiro atoms. The van der Waals surface area contributed by atoms with Gasteiger partial charge in [0, 0.05) is 6.04 Å². The van der Waals surface area contributed by atoms with Gasteiger partial charge in [0.1, 0.15) is 0 Å². The molecule has 1 aliphatic rings. The van der Waals surface area contributed by atoms with E-state index in [0.29, 0.717) is 18.8 Å². The minimum Gasteiger partial charge on any atom is -0.480 e. The number of tetrazole rings is 1. The number of aromatic nitrogens is 4. The second-order valence-corrected chi connectivity index (χ2v) is 8.32. The van der Waals surface area contributed by atoms with Gasteiger partial charge in [-0.15, -0.1) is 5.10 Å². The summed E-state index contributed by atoms with van der Waals surface area (Å²) in [6.45, 7) is 0.401. The van der Waals surface area contributed by atoms with E-state index >= 15 is 0 Å². The van der Waals surface area contributed by atoms with Crippen molar-refractivity contribution in [2.24, 2.45) is 0 Å². The van der Waals surface area contributed by atoms with Crippen LogP contribution in [-0.4, -0.2) is 68.7 Å². The van der Waals surface area contributed by atoms with E-state index in [-0.39, 0.29) is 30.6 Å². The highest BCUT2D eigenvalue weighted by Gasteiger charge is 2.33. The van der Waals surface area contributed by atoms with Gasteiger partial charge in [-0.05, 0) is 22.4 Å². The average molecular weight is 365 g/mol. The van der Waals surface area contributed by atoms with Crippen molar-refractivity contribution in [3.05, 3.63) is 41.7 Å². The monoisotopic (exact) mass is 365 g/mol. The molecule has 0 bridgehead atoms. The highest BCUT2D eigenvalue weighted by Crippen LogP contribution is 2.19. The molecule has 0 aliphatic carbocycles. The fourth-order valence-electron chi connectivity index (χ4n) is 2.95. The summed E-state index contributed by atoms with van der Waals surface area (Å²) in [7, 11) is -3.11. The first kappa shape index (κ1) is 17.5. The molecule has 0 saturated carbocycles. The highest BCUT2D eigenvalue weighted by atomic mass is 32.2. The number of benzene rings is 1. The summed E-state index contributed by atoms with van der Waals surface area (Å²) >= 11 is 0. The molecule has 9 nitrogen and oxygen atoms in total. The molecule has 1 N–H and O–H groups in total. The number of hydrogen-bond acceptors (Lipinski definition) is 7.